The molecule has 5 nitrogen and oxygen atoms in total. The second kappa shape index (κ2) is 8.68. The number of halogens is 2. The minimum Gasteiger partial charge on any atom is -1.00 e. The molecule has 0 bridgehead atoms. The highest BCUT2D eigenvalue weighted by Gasteiger charge is 2.31. The van der Waals surface area contributed by atoms with Crippen molar-refractivity contribution in [1.82, 2.24) is 0 Å². The zero-order valence-corrected chi connectivity index (χ0v) is 16.9. The standard InChI is InChI=1S/C16H22BrN3O2.BrH/c1-4-22-15(21)10-19-7-8-20(16(19)18)14-6-5-12(11(2)3)9-13(14)17;/h5-6,9,11,18H,4,7-8,10H2,1-3H3;1H. The maximum Gasteiger partial charge on any atom is 0.351 e. The van der Waals surface area contributed by atoms with Crippen LogP contribution >= 0.6 is 15.9 Å². The lowest BCUT2D eigenvalue weighted by Crippen LogP contribution is -3.00. The highest BCUT2D eigenvalue weighted by Crippen LogP contribution is 2.30. The first-order chi connectivity index (χ1) is 10.4. The summed E-state index contributed by atoms with van der Waals surface area (Å²) in [6.45, 7) is 8.18. The molecule has 1 aromatic carbocycles. The first-order valence-corrected chi connectivity index (χ1v) is 8.33. The Morgan fingerprint density at radius 2 is 2.17 bits per heavy atom. The van der Waals surface area contributed by atoms with Crippen LogP contribution in [0.1, 0.15) is 32.3 Å². The van der Waals surface area contributed by atoms with Crippen molar-refractivity contribution in [3.63, 3.8) is 0 Å². The fraction of sp³-hybridized carbons (Fsp3) is 0.500. The molecule has 0 fully saturated rings. The number of nitrogens with two attached hydrogens (primary N) is 1. The molecule has 0 saturated carbocycles. The molecular weight excluding hydrogens is 426 g/mol. The van der Waals surface area contributed by atoms with Crippen LogP contribution in [0.4, 0.5) is 5.69 Å². The van der Waals surface area contributed by atoms with Gasteiger partial charge in [0, 0.05) is 0 Å². The SMILES string of the molecule is CCOC(=O)C[N+]1=C(N)N(c2ccc(C(C)C)cc2Br)CC1.[Br-]. The molecule has 0 spiro atoms. The highest BCUT2D eigenvalue weighted by molar-refractivity contribution is 9.10. The molecule has 2 N–H and O–H groups in total. The van der Waals surface area contributed by atoms with Gasteiger partial charge in [0.15, 0.2) is 6.54 Å². The van der Waals surface area contributed by atoms with Crippen LogP contribution in [0.25, 0.3) is 0 Å². The fourth-order valence-electron chi connectivity index (χ4n) is 2.49. The van der Waals surface area contributed by atoms with E-state index in [0.29, 0.717) is 25.0 Å². The van der Waals surface area contributed by atoms with Crippen molar-refractivity contribution in [2.75, 3.05) is 31.1 Å². The van der Waals surface area contributed by atoms with Crippen LogP contribution in [0.2, 0.25) is 0 Å². The van der Waals surface area contributed by atoms with E-state index in [9.17, 15) is 4.79 Å². The van der Waals surface area contributed by atoms with Crippen molar-refractivity contribution in [3.8, 4) is 0 Å². The Morgan fingerprint density at radius 3 is 2.74 bits per heavy atom. The number of hydrogen-bond donors (Lipinski definition) is 1. The average Bonchev–Trinajstić information content (AvgIpc) is 2.80. The Labute approximate surface area is 156 Å². The van der Waals surface area contributed by atoms with E-state index < -0.39 is 0 Å². The molecule has 7 heteroatoms. The van der Waals surface area contributed by atoms with Crippen LogP contribution in [0.15, 0.2) is 22.7 Å². The number of nitrogens with zero attached hydrogens (tertiary/aromatic N) is 2. The van der Waals surface area contributed by atoms with Gasteiger partial charge in [-0.2, -0.15) is 0 Å². The minimum absolute atomic E-state index is 0. The van der Waals surface area contributed by atoms with Crippen molar-refractivity contribution in [2.45, 2.75) is 26.7 Å². The summed E-state index contributed by atoms with van der Waals surface area (Å²) in [4.78, 5) is 13.6. The number of esters is 1. The van der Waals surface area contributed by atoms with Crippen molar-refractivity contribution in [2.24, 2.45) is 5.73 Å². The number of carbonyl (C=O) groups excluding carboxylic acids is 1. The quantitative estimate of drug-likeness (QED) is 0.477. The van der Waals surface area contributed by atoms with Gasteiger partial charge in [0.2, 0.25) is 0 Å². The number of ether oxygens (including phenoxy) is 1. The summed E-state index contributed by atoms with van der Waals surface area (Å²) in [7, 11) is 0. The maximum absolute atomic E-state index is 11.6. The summed E-state index contributed by atoms with van der Waals surface area (Å²) < 4.78 is 7.84. The van der Waals surface area contributed by atoms with Crippen molar-refractivity contribution in [3.05, 3.63) is 28.2 Å². The molecule has 0 aliphatic carbocycles. The topological polar surface area (TPSA) is 58.6 Å². The van der Waals surface area contributed by atoms with Gasteiger partial charge >= 0.3 is 11.9 Å². The van der Waals surface area contributed by atoms with E-state index in [1.54, 1.807) is 6.92 Å². The highest BCUT2D eigenvalue weighted by atomic mass is 79.9. The van der Waals surface area contributed by atoms with Crippen LogP contribution < -0.4 is 27.6 Å². The smallest absolute Gasteiger partial charge is 0.351 e. The summed E-state index contributed by atoms with van der Waals surface area (Å²) in [5, 5.41) is 0. The van der Waals surface area contributed by atoms with E-state index in [0.717, 1.165) is 16.7 Å². The third-order valence-electron chi connectivity index (χ3n) is 3.75. The molecule has 1 heterocycles. The summed E-state index contributed by atoms with van der Waals surface area (Å²) in [5.41, 5.74) is 8.50. The average molecular weight is 449 g/mol. The first kappa shape index (κ1) is 20.0. The Kier molecular flexibility index (Phi) is 7.54. The van der Waals surface area contributed by atoms with Gasteiger partial charge in [-0.3, -0.25) is 10.3 Å². The van der Waals surface area contributed by atoms with Gasteiger partial charge in [0.1, 0.15) is 12.2 Å². The van der Waals surface area contributed by atoms with E-state index >= 15 is 0 Å². The van der Waals surface area contributed by atoms with Gasteiger partial charge < -0.3 is 21.7 Å². The molecule has 1 aliphatic heterocycles. The maximum atomic E-state index is 11.6. The Bertz CT molecular complexity index is 603. The lowest BCUT2D eigenvalue weighted by molar-refractivity contribution is -0.509. The second-order valence-corrected chi connectivity index (χ2v) is 6.46. The third-order valence-corrected chi connectivity index (χ3v) is 4.38. The van der Waals surface area contributed by atoms with Gasteiger partial charge in [-0.1, -0.05) is 19.9 Å². The summed E-state index contributed by atoms with van der Waals surface area (Å²) in [6, 6.07) is 6.31. The van der Waals surface area contributed by atoms with E-state index in [1.807, 2.05) is 9.48 Å². The molecular formula is C16H23Br2N3O2. The van der Waals surface area contributed by atoms with E-state index in [-0.39, 0.29) is 29.5 Å². The van der Waals surface area contributed by atoms with E-state index in [4.69, 9.17) is 10.5 Å². The molecule has 128 valence electrons. The second-order valence-electron chi connectivity index (χ2n) is 5.60. The van der Waals surface area contributed by atoms with Gasteiger partial charge in [-0.25, -0.2) is 9.69 Å². The molecule has 1 aromatic rings. The molecule has 0 saturated heterocycles. The van der Waals surface area contributed by atoms with Crippen molar-refractivity contribution in [1.29, 1.82) is 0 Å². The normalized spacial score (nSPS) is 14.2. The van der Waals surface area contributed by atoms with Crippen LogP contribution in [-0.4, -0.2) is 42.7 Å². The number of hydrogen-bond acceptors (Lipinski definition) is 4. The molecule has 2 rings (SSSR count). The number of guanidine groups is 1. The molecule has 0 aromatic heterocycles. The number of benzene rings is 1. The molecule has 0 unspecified atom stereocenters. The van der Waals surface area contributed by atoms with Crippen molar-refractivity contribution >= 4 is 33.5 Å². The number of rotatable bonds is 5. The van der Waals surface area contributed by atoms with Crippen LogP contribution in [0, 0.1) is 0 Å². The summed E-state index contributed by atoms with van der Waals surface area (Å²) in [6.07, 6.45) is 0. The Morgan fingerprint density at radius 1 is 1.48 bits per heavy atom. The third kappa shape index (κ3) is 4.70. The summed E-state index contributed by atoms with van der Waals surface area (Å²) in [5.74, 6) is 0.818. The fourth-order valence-corrected chi connectivity index (χ4v) is 3.10. The van der Waals surface area contributed by atoms with E-state index in [2.05, 4.69) is 48.0 Å². The van der Waals surface area contributed by atoms with Crippen LogP contribution in [0.3, 0.4) is 0 Å². The predicted octanol–water partition coefficient (Wildman–Crippen LogP) is -0.713. The molecule has 0 radical (unpaired) electrons. The van der Waals surface area contributed by atoms with Gasteiger partial charge in [-0.15, -0.1) is 0 Å². The zero-order valence-electron chi connectivity index (χ0n) is 13.7. The Balaban J connectivity index is 0.00000264. The van der Waals surface area contributed by atoms with E-state index in [1.165, 1.54) is 5.56 Å². The largest absolute Gasteiger partial charge is 1.00 e. The van der Waals surface area contributed by atoms with Crippen LogP contribution in [-0.2, 0) is 9.53 Å². The molecule has 0 amide bonds. The molecule has 23 heavy (non-hydrogen) atoms. The number of carbonyl (C=O) groups is 1. The molecule has 1 aliphatic rings. The minimum atomic E-state index is -0.249. The zero-order chi connectivity index (χ0) is 16.3. The predicted molar refractivity (Wildman–Crippen MR) is 91.4 cm³/mol. The van der Waals surface area contributed by atoms with Crippen molar-refractivity contribution < 1.29 is 31.1 Å². The summed E-state index contributed by atoms with van der Waals surface area (Å²) >= 11 is 3.63. The van der Waals surface area contributed by atoms with Gasteiger partial charge in [0.25, 0.3) is 0 Å². The Hall–Kier alpha value is -1.08. The van der Waals surface area contributed by atoms with Gasteiger partial charge in [0.05, 0.1) is 17.6 Å². The van der Waals surface area contributed by atoms with Crippen LogP contribution in [0.5, 0.6) is 0 Å². The monoisotopic (exact) mass is 447 g/mol. The molecule has 0 atom stereocenters. The van der Waals surface area contributed by atoms with Gasteiger partial charge in [-0.05, 0) is 46.5 Å². The lowest BCUT2D eigenvalue weighted by atomic mass is 10.0. The first-order valence-electron chi connectivity index (χ1n) is 7.54. The number of anilines is 1. The lowest BCUT2D eigenvalue weighted by Gasteiger charge is -2.15.